The Labute approximate surface area is 260 Å². The molecular formula is C31H38BrClN4O3S. The fraction of sp³-hybridized carbons (Fsp3) is 0.516. The molecule has 2 aliphatic carbocycles. The Kier molecular flexibility index (Phi) is 10.00. The van der Waals surface area contributed by atoms with Crippen molar-refractivity contribution in [1.82, 2.24) is 19.4 Å². The summed E-state index contributed by atoms with van der Waals surface area (Å²) in [6.45, 7) is 5.15. The predicted octanol–water partition coefficient (Wildman–Crippen LogP) is 5.82. The SMILES string of the molecule is CC1CCCC1.Cc1cc(Cl)ccc1SN1CC(NC=O)C(=O)N2C(Cc3ccc(Br)cc3)C(=O)N(C3CC3)CC12. The molecule has 0 radical (unpaired) electrons. The van der Waals surface area contributed by atoms with Gasteiger partial charge in [-0.2, -0.15) is 0 Å². The number of hydrogen-bond donors (Lipinski definition) is 1. The smallest absolute Gasteiger partial charge is 0.248 e. The van der Waals surface area contributed by atoms with Crippen LogP contribution in [0.2, 0.25) is 5.02 Å². The second-order valence-electron chi connectivity index (χ2n) is 11.6. The number of nitrogens with one attached hydrogen (secondary N) is 1. The fourth-order valence-corrected chi connectivity index (χ4v) is 7.57. The maximum atomic E-state index is 13.7. The van der Waals surface area contributed by atoms with Gasteiger partial charge in [0, 0.05) is 33.4 Å². The van der Waals surface area contributed by atoms with Gasteiger partial charge in [0.2, 0.25) is 18.2 Å². The molecule has 0 spiro atoms. The van der Waals surface area contributed by atoms with Crippen molar-refractivity contribution in [1.29, 1.82) is 0 Å². The van der Waals surface area contributed by atoms with Gasteiger partial charge in [0.15, 0.2) is 0 Å². The molecule has 4 fully saturated rings. The average molecular weight is 662 g/mol. The summed E-state index contributed by atoms with van der Waals surface area (Å²) in [6.07, 6.45) is 8.62. The molecule has 2 heterocycles. The van der Waals surface area contributed by atoms with Crippen molar-refractivity contribution in [2.45, 2.75) is 88.0 Å². The summed E-state index contributed by atoms with van der Waals surface area (Å²) in [5.41, 5.74) is 2.01. The van der Waals surface area contributed by atoms with E-state index < -0.39 is 12.1 Å². The first-order valence-electron chi connectivity index (χ1n) is 14.5. The number of fused-ring (bicyclic) bond motifs is 1. The Morgan fingerprint density at radius 2 is 1.73 bits per heavy atom. The van der Waals surface area contributed by atoms with Crippen LogP contribution in [0.1, 0.15) is 56.6 Å². The molecule has 2 saturated heterocycles. The lowest BCUT2D eigenvalue weighted by Gasteiger charge is -2.53. The molecule has 2 aliphatic heterocycles. The molecule has 2 aromatic carbocycles. The van der Waals surface area contributed by atoms with Crippen molar-refractivity contribution in [2.75, 3.05) is 13.1 Å². The first kappa shape index (κ1) is 30.4. The van der Waals surface area contributed by atoms with Crippen molar-refractivity contribution in [3.8, 4) is 0 Å². The summed E-state index contributed by atoms with van der Waals surface area (Å²) in [4.78, 5) is 43.4. The van der Waals surface area contributed by atoms with Gasteiger partial charge in [0.05, 0.1) is 6.54 Å². The van der Waals surface area contributed by atoms with Crippen LogP contribution >= 0.6 is 39.5 Å². The Hall–Kier alpha value is -2.07. The van der Waals surface area contributed by atoms with Crippen LogP contribution in [0.15, 0.2) is 51.8 Å². The zero-order chi connectivity index (χ0) is 29.1. The molecule has 220 valence electrons. The van der Waals surface area contributed by atoms with Gasteiger partial charge < -0.3 is 15.1 Å². The normalized spacial score (nSPS) is 25.0. The molecule has 7 nitrogen and oxygen atoms in total. The topological polar surface area (TPSA) is 73.0 Å². The van der Waals surface area contributed by atoms with Crippen molar-refractivity contribution in [2.24, 2.45) is 5.92 Å². The molecule has 41 heavy (non-hydrogen) atoms. The molecule has 3 unspecified atom stereocenters. The number of halogens is 2. The van der Waals surface area contributed by atoms with E-state index in [0.29, 0.717) is 30.9 Å². The van der Waals surface area contributed by atoms with Gasteiger partial charge in [-0.05, 0) is 79.1 Å². The summed E-state index contributed by atoms with van der Waals surface area (Å²) < 4.78 is 3.09. The standard InChI is InChI=1S/C25H26BrClN4O3S.C6H12/c1-15-10-18(27)6-9-22(15)35-30-12-20(28-14-32)24(33)31-21(11-16-2-4-17(26)5-3-16)25(34)29(13-23(30)31)19-7-8-19;1-6-4-2-3-5-6/h2-6,9-10,14,19-21,23H,7-8,11-13H2,1H3,(H,28,32);6H,2-5H2,1H3. The minimum Gasteiger partial charge on any atom is -0.346 e. The number of carbonyl (C=O) groups is 3. The molecule has 2 saturated carbocycles. The van der Waals surface area contributed by atoms with Gasteiger partial charge in [0.25, 0.3) is 0 Å². The van der Waals surface area contributed by atoms with Crippen molar-refractivity contribution in [3.63, 3.8) is 0 Å². The Morgan fingerprint density at radius 3 is 2.32 bits per heavy atom. The number of hydrogen-bond acceptors (Lipinski definition) is 5. The van der Waals surface area contributed by atoms with Crippen molar-refractivity contribution in [3.05, 3.63) is 63.1 Å². The molecule has 2 aromatic rings. The van der Waals surface area contributed by atoms with Gasteiger partial charge in [-0.3, -0.25) is 14.4 Å². The number of aryl methyl sites for hydroxylation is 1. The maximum Gasteiger partial charge on any atom is 0.248 e. The highest BCUT2D eigenvalue weighted by Gasteiger charge is 2.53. The molecule has 1 N–H and O–H groups in total. The third-order valence-electron chi connectivity index (χ3n) is 8.43. The van der Waals surface area contributed by atoms with E-state index in [1.807, 2.05) is 54.3 Å². The minimum absolute atomic E-state index is 0.0144. The number of amides is 3. The first-order chi connectivity index (χ1) is 19.7. The van der Waals surface area contributed by atoms with E-state index in [1.54, 1.807) is 16.8 Å². The van der Waals surface area contributed by atoms with E-state index in [0.717, 1.165) is 39.3 Å². The molecule has 10 heteroatoms. The Morgan fingerprint density at radius 1 is 1.02 bits per heavy atom. The zero-order valence-corrected chi connectivity index (χ0v) is 26.8. The molecule has 3 amide bonds. The van der Waals surface area contributed by atoms with Crippen LogP contribution in [0, 0.1) is 12.8 Å². The fourth-order valence-electron chi connectivity index (χ4n) is 5.98. The van der Waals surface area contributed by atoms with E-state index in [-0.39, 0.29) is 24.0 Å². The summed E-state index contributed by atoms with van der Waals surface area (Å²) in [5.74, 6) is 0.821. The summed E-state index contributed by atoms with van der Waals surface area (Å²) in [7, 11) is 0. The monoisotopic (exact) mass is 660 g/mol. The molecule has 4 aliphatic rings. The lowest BCUT2D eigenvalue weighted by atomic mass is 9.97. The van der Waals surface area contributed by atoms with E-state index in [9.17, 15) is 14.4 Å². The van der Waals surface area contributed by atoms with E-state index in [1.165, 1.54) is 25.7 Å². The van der Waals surface area contributed by atoms with Crippen LogP contribution in [0.3, 0.4) is 0 Å². The summed E-state index contributed by atoms with van der Waals surface area (Å²) in [6, 6.07) is 12.4. The second-order valence-corrected chi connectivity index (χ2v) is 14.1. The zero-order valence-electron chi connectivity index (χ0n) is 23.6. The molecular weight excluding hydrogens is 624 g/mol. The first-order valence-corrected chi connectivity index (χ1v) is 16.5. The molecule has 3 atom stereocenters. The van der Waals surface area contributed by atoms with Crippen LogP contribution in [0.4, 0.5) is 0 Å². The third kappa shape index (κ3) is 7.29. The van der Waals surface area contributed by atoms with Gasteiger partial charge in [-0.15, -0.1) is 0 Å². The Bertz CT molecular complexity index is 1250. The van der Waals surface area contributed by atoms with Gasteiger partial charge in [-0.25, -0.2) is 4.31 Å². The van der Waals surface area contributed by atoms with E-state index in [4.69, 9.17) is 11.6 Å². The number of piperazine rings is 1. The van der Waals surface area contributed by atoms with E-state index in [2.05, 4.69) is 32.5 Å². The van der Waals surface area contributed by atoms with Gasteiger partial charge >= 0.3 is 0 Å². The van der Waals surface area contributed by atoms with Crippen LogP contribution in [0.5, 0.6) is 0 Å². The summed E-state index contributed by atoms with van der Waals surface area (Å²) in [5, 5.41) is 3.35. The van der Waals surface area contributed by atoms with E-state index >= 15 is 0 Å². The lowest BCUT2D eigenvalue weighted by molar-refractivity contribution is -0.167. The van der Waals surface area contributed by atoms with Crippen LogP contribution in [0.25, 0.3) is 0 Å². The molecule has 0 bridgehead atoms. The largest absolute Gasteiger partial charge is 0.346 e. The lowest BCUT2D eigenvalue weighted by Crippen LogP contribution is -2.74. The average Bonchev–Trinajstić information content (AvgIpc) is 3.68. The maximum absolute atomic E-state index is 13.7. The van der Waals surface area contributed by atoms with Gasteiger partial charge in [-0.1, -0.05) is 72.3 Å². The summed E-state index contributed by atoms with van der Waals surface area (Å²) >= 11 is 11.2. The quantitative estimate of drug-likeness (QED) is 0.299. The highest BCUT2D eigenvalue weighted by atomic mass is 79.9. The van der Waals surface area contributed by atoms with Crippen molar-refractivity contribution < 1.29 is 14.4 Å². The van der Waals surface area contributed by atoms with Crippen molar-refractivity contribution >= 4 is 57.7 Å². The minimum atomic E-state index is -0.725. The highest BCUT2D eigenvalue weighted by molar-refractivity contribution is 9.10. The number of carbonyl (C=O) groups excluding carboxylic acids is 3. The predicted molar refractivity (Wildman–Crippen MR) is 166 cm³/mol. The molecule has 6 rings (SSSR count). The second kappa shape index (κ2) is 13.5. The molecule has 0 aromatic heterocycles. The highest BCUT2D eigenvalue weighted by Crippen LogP contribution is 2.39. The van der Waals surface area contributed by atoms with Gasteiger partial charge in [0.1, 0.15) is 18.2 Å². The third-order valence-corrected chi connectivity index (χ3v) is 10.5. The van der Waals surface area contributed by atoms with Crippen LogP contribution in [-0.4, -0.2) is 69.7 Å². The number of nitrogens with zero attached hydrogens (tertiary/aromatic N) is 3. The van der Waals surface area contributed by atoms with Crippen LogP contribution < -0.4 is 5.32 Å². The van der Waals surface area contributed by atoms with Crippen LogP contribution in [-0.2, 0) is 20.8 Å². The number of benzene rings is 2. The Balaban J connectivity index is 0.000000500. The number of rotatable bonds is 7.